The minimum absolute atomic E-state index is 0.161. The van der Waals surface area contributed by atoms with E-state index in [2.05, 4.69) is 73.1 Å². The Bertz CT molecular complexity index is 520. The van der Waals surface area contributed by atoms with Crippen molar-refractivity contribution < 1.29 is 14.3 Å². The lowest BCUT2D eigenvalue weighted by Gasteiger charge is -2.12. The Morgan fingerprint density at radius 1 is 1.32 bits per heavy atom. The maximum absolute atomic E-state index is 12.1. The summed E-state index contributed by atoms with van der Waals surface area (Å²) in [5.41, 5.74) is 7.08. The highest BCUT2D eigenvalue weighted by atomic mass is 127. The molecule has 3 N–H and O–H groups in total. The normalized spacial score (nSPS) is 10.1. The van der Waals surface area contributed by atoms with Gasteiger partial charge in [0, 0.05) is 14.1 Å². The number of halogens is 3. The second-order valence-corrected chi connectivity index (χ2v) is 6.94. The summed E-state index contributed by atoms with van der Waals surface area (Å²) in [6.07, 6.45) is 0. The summed E-state index contributed by atoms with van der Waals surface area (Å²) >= 11 is 6.30. The SMILES string of the molecule is CC(=O)OCCNC(=O)c1c(I)cc(I)c(N)c1I. The van der Waals surface area contributed by atoms with Crippen molar-refractivity contribution in [2.75, 3.05) is 18.9 Å². The Morgan fingerprint density at radius 3 is 2.53 bits per heavy atom. The van der Waals surface area contributed by atoms with Crippen molar-refractivity contribution in [1.29, 1.82) is 0 Å². The quantitative estimate of drug-likeness (QED) is 0.241. The summed E-state index contributed by atoms with van der Waals surface area (Å²) in [6.45, 7) is 1.76. The van der Waals surface area contributed by atoms with E-state index in [0.717, 1.165) is 10.7 Å². The van der Waals surface area contributed by atoms with Gasteiger partial charge in [-0.15, -0.1) is 0 Å². The Kier molecular flexibility index (Phi) is 7.07. The van der Waals surface area contributed by atoms with E-state index in [-0.39, 0.29) is 25.0 Å². The number of nitrogens with two attached hydrogens (primary N) is 1. The van der Waals surface area contributed by atoms with Crippen LogP contribution in [0.15, 0.2) is 6.07 Å². The van der Waals surface area contributed by atoms with Gasteiger partial charge in [0.15, 0.2) is 0 Å². The number of benzene rings is 1. The van der Waals surface area contributed by atoms with Crippen molar-refractivity contribution in [3.63, 3.8) is 0 Å². The van der Waals surface area contributed by atoms with Gasteiger partial charge in [0.1, 0.15) is 6.61 Å². The number of nitrogens with one attached hydrogen (secondary N) is 1. The number of rotatable bonds is 4. The summed E-state index contributed by atoms with van der Waals surface area (Å²) in [6, 6.07) is 1.86. The zero-order valence-electron chi connectivity index (χ0n) is 9.93. The van der Waals surface area contributed by atoms with Crippen molar-refractivity contribution in [2.45, 2.75) is 6.92 Å². The standard InChI is InChI=1S/C11H11I3N2O3/c1-5(17)19-3-2-16-11(18)8-6(12)4-7(13)10(15)9(8)14/h4H,2-3,15H2,1H3,(H,16,18). The van der Waals surface area contributed by atoms with E-state index in [1.807, 2.05) is 6.07 Å². The van der Waals surface area contributed by atoms with Crippen LogP contribution in [-0.2, 0) is 9.53 Å². The van der Waals surface area contributed by atoms with Gasteiger partial charge in [-0.3, -0.25) is 9.59 Å². The maximum Gasteiger partial charge on any atom is 0.302 e. The first-order valence-corrected chi connectivity index (χ1v) is 8.42. The van der Waals surface area contributed by atoms with Crippen LogP contribution in [0.25, 0.3) is 0 Å². The molecular weight excluding hydrogens is 589 g/mol. The highest BCUT2D eigenvalue weighted by molar-refractivity contribution is 14.1. The molecule has 0 bridgehead atoms. The number of hydrogen-bond donors (Lipinski definition) is 2. The highest BCUT2D eigenvalue weighted by Gasteiger charge is 2.18. The minimum atomic E-state index is -0.364. The number of carbonyl (C=O) groups excluding carboxylic acids is 2. The molecule has 0 aromatic heterocycles. The first-order valence-electron chi connectivity index (χ1n) is 5.19. The molecule has 0 saturated carbocycles. The van der Waals surface area contributed by atoms with E-state index in [4.69, 9.17) is 10.5 Å². The summed E-state index contributed by atoms with van der Waals surface area (Å²) in [7, 11) is 0. The van der Waals surface area contributed by atoms with Crippen LogP contribution in [0, 0.1) is 10.7 Å². The molecular formula is C11H11I3N2O3. The first kappa shape index (κ1) is 17.2. The van der Waals surface area contributed by atoms with Crippen LogP contribution in [0.1, 0.15) is 17.3 Å². The lowest BCUT2D eigenvalue weighted by Crippen LogP contribution is -2.29. The van der Waals surface area contributed by atoms with E-state index in [0.29, 0.717) is 11.3 Å². The van der Waals surface area contributed by atoms with Gasteiger partial charge < -0.3 is 15.8 Å². The number of esters is 1. The molecule has 5 nitrogen and oxygen atoms in total. The molecule has 0 spiro atoms. The van der Waals surface area contributed by atoms with Crippen molar-refractivity contribution in [3.8, 4) is 0 Å². The third-order valence-corrected chi connectivity index (χ3v) is 4.99. The van der Waals surface area contributed by atoms with Crippen molar-refractivity contribution in [1.82, 2.24) is 5.32 Å². The molecule has 1 aromatic rings. The number of ether oxygens (including phenoxy) is 1. The molecule has 0 fully saturated rings. The van der Waals surface area contributed by atoms with Gasteiger partial charge in [-0.25, -0.2) is 0 Å². The molecule has 0 radical (unpaired) electrons. The lowest BCUT2D eigenvalue weighted by atomic mass is 10.2. The largest absolute Gasteiger partial charge is 0.464 e. The second kappa shape index (κ2) is 7.81. The molecule has 0 atom stereocenters. The number of amides is 1. The van der Waals surface area contributed by atoms with E-state index < -0.39 is 0 Å². The van der Waals surface area contributed by atoms with Crippen LogP contribution >= 0.6 is 67.8 Å². The summed E-state index contributed by atoms with van der Waals surface area (Å²) < 4.78 is 7.24. The van der Waals surface area contributed by atoms with Crippen molar-refractivity contribution in [2.24, 2.45) is 0 Å². The Balaban J connectivity index is 2.78. The lowest BCUT2D eigenvalue weighted by molar-refractivity contribution is -0.140. The van der Waals surface area contributed by atoms with Crippen LogP contribution in [0.3, 0.4) is 0 Å². The van der Waals surface area contributed by atoms with Crippen LogP contribution in [-0.4, -0.2) is 25.0 Å². The van der Waals surface area contributed by atoms with Gasteiger partial charge >= 0.3 is 5.97 Å². The second-order valence-electron chi connectivity index (χ2n) is 3.54. The Labute approximate surface area is 151 Å². The molecule has 0 aliphatic rings. The smallest absolute Gasteiger partial charge is 0.302 e. The van der Waals surface area contributed by atoms with Crippen molar-refractivity contribution >= 4 is 85.3 Å². The molecule has 0 saturated heterocycles. The summed E-state index contributed by atoms with van der Waals surface area (Å²) in [5.74, 6) is -0.582. The Morgan fingerprint density at radius 2 is 1.95 bits per heavy atom. The van der Waals surface area contributed by atoms with Gasteiger partial charge in [0.05, 0.1) is 21.4 Å². The van der Waals surface area contributed by atoms with Gasteiger partial charge in [0.2, 0.25) is 0 Å². The molecule has 1 rings (SSSR count). The average Bonchev–Trinajstić information content (AvgIpc) is 2.31. The molecule has 0 aliphatic heterocycles. The molecule has 19 heavy (non-hydrogen) atoms. The Hall–Kier alpha value is 0.150. The van der Waals surface area contributed by atoms with Crippen molar-refractivity contribution in [3.05, 3.63) is 22.3 Å². The fourth-order valence-electron chi connectivity index (χ4n) is 1.26. The number of carbonyl (C=O) groups is 2. The maximum atomic E-state index is 12.1. The molecule has 0 aliphatic carbocycles. The molecule has 1 aromatic carbocycles. The van der Waals surface area contributed by atoms with Gasteiger partial charge in [-0.1, -0.05) is 0 Å². The van der Waals surface area contributed by atoms with Crippen LogP contribution in [0.5, 0.6) is 0 Å². The van der Waals surface area contributed by atoms with E-state index in [1.54, 1.807) is 0 Å². The molecule has 0 heterocycles. The van der Waals surface area contributed by atoms with E-state index in [9.17, 15) is 9.59 Å². The number of anilines is 1. The van der Waals surface area contributed by atoms with Gasteiger partial charge in [-0.2, -0.15) is 0 Å². The summed E-state index contributed by atoms with van der Waals surface area (Å²) in [4.78, 5) is 22.7. The zero-order valence-corrected chi connectivity index (χ0v) is 16.4. The first-order chi connectivity index (χ1) is 8.84. The topological polar surface area (TPSA) is 81.4 Å². The average molecular weight is 600 g/mol. The summed E-state index contributed by atoms with van der Waals surface area (Å²) in [5, 5.41) is 2.70. The van der Waals surface area contributed by atoms with Gasteiger partial charge in [-0.05, 0) is 73.8 Å². The fourth-order valence-corrected chi connectivity index (χ4v) is 5.12. The number of nitrogen functional groups attached to an aromatic ring is 1. The fraction of sp³-hybridized carbons (Fsp3) is 0.273. The van der Waals surface area contributed by atoms with Gasteiger partial charge in [0.25, 0.3) is 5.91 Å². The highest BCUT2D eigenvalue weighted by Crippen LogP contribution is 2.29. The third-order valence-electron chi connectivity index (χ3n) is 2.13. The third kappa shape index (κ3) is 4.88. The number of hydrogen-bond acceptors (Lipinski definition) is 4. The van der Waals surface area contributed by atoms with E-state index >= 15 is 0 Å². The van der Waals surface area contributed by atoms with Crippen LogP contribution in [0.4, 0.5) is 5.69 Å². The monoisotopic (exact) mass is 600 g/mol. The molecule has 8 heteroatoms. The molecule has 0 unspecified atom stereocenters. The minimum Gasteiger partial charge on any atom is -0.464 e. The molecule has 1 amide bonds. The van der Waals surface area contributed by atoms with E-state index in [1.165, 1.54) is 6.92 Å². The predicted molar refractivity (Wildman–Crippen MR) is 98.0 cm³/mol. The predicted octanol–water partition coefficient (Wildman–Crippen LogP) is 2.38. The van der Waals surface area contributed by atoms with Crippen LogP contribution in [0.2, 0.25) is 0 Å². The zero-order chi connectivity index (χ0) is 14.6. The molecule has 104 valence electrons. The van der Waals surface area contributed by atoms with Crippen LogP contribution < -0.4 is 11.1 Å².